The van der Waals surface area contributed by atoms with Crippen molar-refractivity contribution in [2.24, 2.45) is 0 Å². The summed E-state index contributed by atoms with van der Waals surface area (Å²) in [5.41, 5.74) is 2.60. The molecule has 0 unspecified atom stereocenters. The lowest BCUT2D eigenvalue weighted by molar-refractivity contribution is 0.181. The smallest absolute Gasteiger partial charge is 0.243 e. The van der Waals surface area contributed by atoms with Crippen LogP contribution < -0.4 is 0 Å². The van der Waals surface area contributed by atoms with Gasteiger partial charge in [0.25, 0.3) is 0 Å². The largest absolute Gasteiger partial charge is 0.296 e. The van der Waals surface area contributed by atoms with E-state index in [1.54, 1.807) is 28.6 Å². The molecular formula is C18H23ClN2O2S. The van der Waals surface area contributed by atoms with E-state index in [2.05, 4.69) is 30.0 Å². The van der Waals surface area contributed by atoms with E-state index in [0.29, 0.717) is 18.0 Å². The zero-order chi connectivity index (χ0) is 16.3. The highest BCUT2D eigenvalue weighted by Gasteiger charge is 2.28. The zero-order valence-electron chi connectivity index (χ0n) is 13.8. The second-order valence-electron chi connectivity index (χ2n) is 5.92. The third-order valence-corrected chi connectivity index (χ3v) is 6.28. The van der Waals surface area contributed by atoms with Gasteiger partial charge < -0.3 is 0 Å². The molecule has 24 heavy (non-hydrogen) atoms. The maximum absolute atomic E-state index is 12.6. The van der Waals surface area contributed by atoms with Crippen molar-refractivity contribution in [2.75, 3.05) is 26.2 Å². The summed E-state index contributed by atoms with van der Waals surface area (Å²) in [5, 5.41) is 0. The van der Waals surface area contributed by atoms with Crippen LogP contribution in [0.5, 0.6) is 0 Å². The summed E-state index contributed by atoms with van der Waals surface area (Å²) in [7, 11) is -3.36. The number of nitrogens with zero attached hydrogens (tertiary/aromatic N) is 2. The molecule has 2 aromatic rings. The van der Waals surface area contributed by atoms with Gasteiger partial charge in [-0.2, -0.15) is 4.31 Å². The molecule has 1 saturated heterocycles. The molecule has 0 bridgehead atoms. The van der Waals surface area contributed by atoms with Crippen molar-refractivity contribution in [2.45, 2.75) is 18.4 Å². The normalized spacial score (nSPS) is 16.5. The molecule has 3 rings (SSSR count). The van der Waals surface area contributed by atoms with Crippen LogP contribution >= 0.6 is 12.4 Å². The number of piperazine rings is 1. The van der Waals surface area contributed by atoms with E-state index in [1.165, 1.54) is 11.1 Å². The Kier molecular flexibility index (Phi) is 6.40. The molecule has 1 aliphatic rings. The number of benzene rings is 2. The van der Waals surface area contributed by atoms with Crippen LogP contribution in [-0.2, 0) is 16.6 Å². The lowest BCUT2D eigenvalue weighted by Crippen LogP contribution is -2.48. The summed E-state index contributed by atoms with van der Waals surface area (Å²) < 4.78 is 26.8. The maximum atomic E-state index is 12.6. The van der Waals surface area contributed by atoms with Crippen molar-refractivity contribution in [3.8, 4) is 0 Å². The molecule has 4 nitrogen and oxygen atoms in total. The molecule has 130 valence electrons. The van der Waals surface area contributed by atoms with Gasteiger partial charge in [0.2, 0.25) is 10.0 Å². The molecule has 6 heteroatoms. The van der Waals surface area contributed by atoms with Gasteiger partial charge in [0.05, 0.1) is 4.90 Å². The van der Waals surface area contributed by atoms with Crippen LogP contribution in [0.2, 0.25) is 0 Å². The van der Waals surface area contributed by atoms with Crippen molar-refractivity contribution in [3.05, 3.63) is 65.7 Å². The van der Waals surface area contributed by atoms with Crippen molar-refractivity contribution in [1.29, 1.82) is 0 Å². The Morgan fingerprint density at radius 1 is 0.875 bits per heavy atom. The molecule has 0 aromatic heterocycles. The number of sulfonamides is 1. The first-order chi connectivity index (χ1) is 11.1. The lowest BCUT2D eigenvalue weighted by Gasteiger charge is -2.34. The summed E-state index contributed by atoms with van der Waals surface area (Å²) >= 11 is 0. The van der Waals surface area contributed by atoms with Crippen molar-refractivity contribution in [1.82, 2.24) is 9.21 Å². The molecule has 1 heterocycles. The fourth-order valence-electron chi connectivity index (χ4n) is 2.90. The highest BCUT2D eigenvalue weighted by Crippen LogP contribution is 2.18. The molecule has 0 saturated carbocycles. The predicted octanol–water partition coefficient (Wildman–Crippen LogP) is 2.92. The summed E-state index contributed by atoms with van der Waals surface area (Å²) in [6.45, 7) is 5.62. The highest BCUT2D eigenvalue weighted by molar-refractivity contribution is 7.89. The lowest BCUT2D eigenvalue weighted by atomic mass is 10.1. The SMILES string of the molecule is Cc1ccccc1CN1CCN(S(=O)(=O)c2ccccc2)CC1.Cl. The third kappa shape index (κ3) is 4.16. The summed E-state index contributed by atoms with van der Waals surface area (Å²) in [6.07, 6.45) is 0. The van der Waals surface area contributed by atoms with Gasteiger partial charge in [-0.1, -0.05) is 42.5 Å². The molecule has 0 N–H and O–H groups in total. The topological polar surface area (TPSA) is 40.6 Å². The molecular weight excluding hydrogens is 344 g/mol. The molecule has 2 aromatic carbocycles. The molecule has 1 aliphatic heterocycles. The minimum absolute atomic E-state index is 0. The minimum atomic E-state index is -3.36. The van der Waals surface area contributed by atoms with E-state index in [1.807, 2.05) is 12.1 Å². The summed E-state index contributed by atoms with van der Waals surface area (Å²) in [5.74, 6) is 0. The van der Waals surface area contributed by atoms with Gasteiger partial charge in [0.1, 0.15) is 0 Å². The minimum Gasteiger partial charge on any atom is -0.296 e. The van der Waals surface area contributed by atoms with Gasteiger partial charge in [-0.05, 0) is 30.2 Å². The molecule has 0 spiro atoms. The number of hydrogen-bond acceptors (Lipinski definition) is 3. The van der Waals surface area contributed by atoms with E-state index in [0.717, 1.165) is 19.6 Å². The van der Waals surface area contributed by atoms with Crippen molar-refractivity contribution < 1.29 is 8.42 Å². The van der Waals surface area contributed by atoms with E-state index >= 15 is 0 Å². The van der Waals surface area contributed by atoms with Gasteiger partial charge in [-0.25, -0.2) is 8.42 Å². The van der Waals surface area contributed by atoms with Crippen molar-refractivity contribution >= 4 is 22.4 Å². The first-order valence-corrected chi connectivity index (χ1v) is 9.33. The predicted molar refractivity (Wildman–Crippen MR) is 98.9 cm³/mol. The van der Waals surface area contributed by atoms with Gasteiger partial charge in [0, 0.05) is 32.7 Å². The molecule has 0 atom stereocenters. The van der Waals surface area contributed by atoms with Crippen molar-refractivity contribution in [3.63, 3.8) is 0 Å². The number of aryl methyl sites for hydroxylation is 1. The van der Waals surface area contributed by atoms with Crippen LogP contribution in [0.3, 0.4) is 0 Å². The fraction of sp³-hybridized carbons (Fsp3) is 0.333. The Hall–Kier alpha value is -1.40. The Labute approximate surface area is 150 Å². The summed E-state index contributed by atoms with van der Waals surface area (Å²) in [6, 6.07) is 17.0. The Morgan fingerprint density at radius 3 is 2.08 bits per heavy atom. The first-order valence-electron chi connectivity index (χ1n) is 7.89. The van der Waals surface area contributed by atoms with Crippen LogP contribution in [0.15, 0.2) is 59.5 Å². The second kappa shape index (κ2) is 8.12. The first kappa shape index (κ1) is 18.9. The highest BCUT2D eigenvalue weighted by atomic mass is 35.5. The Bertz CT molecular complexity index is 758. The van der Waals surface area contributed by atoms with Crippen LogP contribution in [0.25, 0.3) is 0 Å². The monoisotopic (exact) mass is 366 g/mol. The third-order valence-electron chi connectivity index (χ3n) is 4.37. The molecule has 0 aliphatic carbocycles. The standard InChI is InChI=1S/C18H22N2O2S.ClH/c1-16-7-5-6-8-17(16)15-19-11-13-20(14-12-19)23(21,22)18-9-3-2-4-10-18;/h2-10H,11-15H2,1H3;1H. The number of hydrogen-bond donors (Lipinski definition) is 0. The zero-order valence-corrected chi connectivity index (χ0v) is 15.4. The van der Waals surface area contributed by atoms with Crippen LogP contribution in [0.4, 0.5) is 0 Å². The van der Waals surface area contributed by atoms with Gasteiger partial charge in [-0.3, -0.25) is 4.90 Å². The van der Waals surface area contributed by atoms with Crippen LogP contribution in [-0.4, -0.2) is 43.8 Å². The second-order valence-corrected chi connectivity index (χ2v) is 7.86. The molecule has 1 fully saturated rings. The van der Waals surface area contributed by atoms with E-state index in [4.69, 9.17) is 0 Å². The average Bonchev–Trinajstić information content (AvgIpc) is 2.58. The number of rotatable bonds is 4. The van der Waals surface area contributed by atoms with Gasteiger partial charge in [0.15, 0.2) is 0 Å². The number of halogens is 1. The van der Waals surface area contributed by atoms with Gasteiger partial charge >= 0.3 is 0 Å². The van der Waals surface area contributed by atoms with E-state index in [-0.39, 0.29) is 12.4 Å². The quantitative estimate of drug-likeness (QED) is 0.835. The van der Waals surface area contributed by atoms with Crippen LogP contribution in [0.1, 0.15) is 11.1 Å². The fourth-order valence-corrected chi connectivity index (χ4v) is 4.34. The summed E-state index contributed by atoms with van der Waals surface area (Å²) in [4.78, 5) is 2.70. The van der Waals surface area contributed by atoms with Crippen LogP contribution in [0, 0.1) is 6.92 Å². The Morgan fingerprint density at radius 2 is 1.46 bits per heavy atom. The molecule has 0 radical (unpaired) electrons. The van der Waals surface area contributed by atoms with E-state index in [9.17, 15) is 8.42 Å². The van der Waals surface area contributed by atoms with E-state index < -0.39 is 10.0 Å². The molecule has 0 amide bonds. The maximum Gasteiger partial charge on any atom is 0.243 e. The van der Waals surface area contributed by atoms with Gasteiger partial charge in [-0.15, -0.1) is 12.4 Å². The Balaban J connectivity index is 0.00000208. The average molecular weight is 367 g/mol.